The fraction of sp³-hybridized carbons (Fsp3) is 0.381. The summed E-state index contributed by atoms with van der Waals surface area (Å²) in [5.41, 5.74) is 4.71. The molecule has 4 nitrogen and oxygen atoms in total. The zero-order valence-corrected chi connectivity index (χ0v) is 15.4. The molecule has 1 unspecified atom stereocenters. The second-order valence-electron chi connectivity index (χ2n) is 6.27. The molecule has 0 radical (unpaired) electrons. The van der Waals surface area contributed by atoms with Gasteiger partial charge in [-0.25, -0.2) is 4.99 Å². The van der Waals surface area contributed by atoms with Gasteiger partial charge < -0.3 is 15.7 Å². The third-order valence-corrected chi connectivity index (χ3v) is 4.14. The van der Waals surface area contributed by atoms with Crippen LogP contribution in [0.4, 0.5) is 0 Å². The molecule has 0 fully saturated rings. The lowest BCUT2D eigenvalue weighted by Crippen LogP contribution is -2.38. The molecule has 4 heteroatoms. The van der Waals surface area contributed by atoms with Crippen LogP contribution in [0, 0.1) is 13.8 Å². The van der Waals surface area contributed by atoms with Gasteiger partial charge in [-0.05, 0) is 43.9 Å². The van der Waals surface area contributed by atoms with Crippen LogP contribution in [0.25, 0.3) is 0 Å². The summed E-state index contributed by atoms with van der Waals surface area (Å²) in [5.74, 6) is 0.780. The Balaban J connectivity index is 1.89. The van der Waals surface area contributed by atoms with Gasteiger partial charge >= 0.3 is 0 Å². The van der Waals surface area contributed by atoms with Crippen molar-refractivity contribution >= 4 is 5.96 Å². The Kier molecular flexibility index (Phi) is 7.48. The largest absolute Gasteiger partial charge is 0.388 e. The second kappa shape index (κ2) is 9.84. The fourth-order valence-electron chi connectivity index (χ4n) is 2.70. The summed E-state index contributed by atoms with van der Waals surface area (Å²) in [4.78, 5) is 4.66. The molecule has 3 N–H and O–H groups in total. The van der Waals surface area contributed by atoms with Gasteiger partial charge in [-0.2, -0.15) is 0 Å². The third kappa shape index (κ3) is 6.24. The van der Waals surface area contributed by atoms with Crippen molar-refractivity contribution in [2.45, 2.75) is 39.8 Å². The molecule has 0 amide bonds. The summed E-state index contributed by atoms with van der Waals surface area (Å²) in [6.07, 6.45) is 0.175. The van der Waals surface area contributed by atoms with Crippen molar-refractivity contribution in [3.8, 4) is 0 Å². The molecule has 0 aliphatic heterocycles. The van der Waals surface area contributed by atoms with Crippen LogP contribution in [-0.4, -0.2) is 24.2 Å². The lowest BCUT2D eigenvalue weighted by Gasteiger charge is -2.14. The van der Waals surface area contributed by atoms with Crippen LogP contribution in [0.5, 0.6) is 0 Å². The normalized spacial score (nSPS) is 12.7. The van der Waals surface area contributed by atoms with E-state index < -0.39 is 6.10 Å². The van der Waals surface area contributed by atoms with Crippen LogP contribution >= 0.6 is 0 Å². The molecule has 0 spiro atoms. The first-order valence-electron chi connectivity index (χ1n) is 8.91. The Morgan fingerprint density at radius 2 is 1.84 bits per heavy atom. The van der Waals surface area contributed by atoms with Crippen LogP contribution in [0.3, 0.4) is 0 Å². The van der Waals surface area contributed by atoms with Gasteiger partial charge in [-0.1, -0.05) is 54.1 Å². The van der Waals surface area contributed by atoms with E-state index in [1.165, 1.54) is 16.7 Å². The SMILES string of the molecule is CCNC(=NCc1ccc(C)cc1C)NCCC(O)c1ccccc1. The Labute approximate surface area is 151 Å². The van der Waals surface area contributed by atoms with Gasteiger partial charge in [0.2, 0.25) is 0 Å². The second-order valence-corrected chi connectivity index (χ2v) is 6.27. The number of guanidine groups is 1. The number of benzene rings is 2. The first-order chi connectivity index (χ1) is 12.1. The van der Waals surface area contributed by atoms with E-state index in [-0.39, 0.29) is 0 Å². The van der Waals surface area contributed by atoms with E-state index in [0.29, 0.717) is 19.5 Å². The zero-order valence-electron chi connectivity index (χ0n) is 15.4. The smallest absolute Gasteiger partial charge is 0.191 e. The summed E-state index contributed by atoms with van der Waals surface area (Å²) in [5, 5.41) is 16.8. The summed E-state index contributed by atoms with van der Waals surface area (Å²) >= 11 is 0. The number of nitrogens with zero attached hydrogens (tertiary/aromatic N) is 1. The molecule has 0 heterocycles. The average molecular weight is 339 g/mol. The van der Waals surface area contributed by atoms with E-state index >= 15 is 0 Å². The number of aryl methyl sites for hydroxylation is 2. The summed E-state index contributed by atoms with van der Waals surface area (Å²) in [7, 11) is 0. The predicted octanol–water partition coefficient (Wildman–Crippen LogP) is 3.48. The molecule has 2 aromatic carbocycles. The first kappa shape index (κ1) is 19.0. The number of hydrogen-bond acceptors (Lipinski definition) is 2. The van der Waals surface area contributed by atoms with E-state index in [1.54, 1.807) is 0 Å². The van der Waals surface area contributed by atoms with E-state index in [1.807, 2.05) is 37.3 Å². The molecule has 0 aromatic heterocycles. The van der Waals surface area contributed by atoms with Crippen molar-refractivity contribution in [1.29, 1.82) is 0 Å². The molecule has 0 aliphatic carbocycles. The summed E-state index contributed by atoms with van der Waals surface area (Å²) in [6, 6.07) is 16.2. The number of hydrogen-bond donors (Lipinski definition) is 3. The topological polar surface area (TPSA) is 56.7 Å². The average Bonchev–Trinajstić information content (AvgIpc) is 2.61. The van der Waals surface area contributed by atoms with Crippen LogP contribution in [0.1, 0.15) is 41.7 Å². The van der Waals surface area contributed by atoms with Crippen molar-refractivity contribution < 1.29 is 5.11 Å². The number of rotatable bonds is 7. The van der Waals surface area contributed by atoms with Crippen molar-refractivity contribution in [2.75, 3.05) is 13.1 Å². The van der Waals surface area contributed by atoms with Crippen LogP contribution < -0.4 is 10.6 Å². The highest BCUT2D eigenvalue weighted by Gasteiger charge is 2.07. The number of aliphatic hydroxyl groups is 1. The predicted molar refractivity (Wildman–Crippen MR) is 105 cm³/mol. The minimum atomic E-state index is -0.462. The first-order valence-corrected chi connectivity index (χ1v) is 8.91. The molecule has 134 valence electrons. The highest BCUT2D eigenvalue weighted by Crippen LogP contribution is 2.15. The van der Waals surface area contributed by atoms with Crippen molar-refractivity contribution in [3.63, 3.8) is 0 Å². The lowest BCUT2D eigenvalue weighted by atomic mass is 10.1. The maximum Gasteiger partial charge on any atom is 0.191 e. The van der Waals surface area contributed by atoms with Gasteiger partial charge in [0.25, 0.3) is 0 Å². The molecule has 0 bridgehead atoms. The third-order valence-electron chi connectivity index (χ3n) is 4.14. The van der Waals surface area contributed by atoms with Gasteiger partial charge in [0.15, 0.2) is 5.96 Å². The molecule has 0 saturated carbocycles. The van der Waals surface area contributed by atoms with E-state index in [9.17, 15) is 5.11 Å². The van der Waals surface area contributed by atoms with E-state index in [0.717, 1.165) is 18.1 Å². The molecule has 1 atom stereocenters. The van der Waals surface area contributed by atoms with Gasteiger partial charge in [0.1, 0.15) is 0 Å². The minimum Gasteiger partial charge on any atom is -0.388 e. The van der Waals surface area contributed by atoms with Crippen molar-refractivity contribution in [3.05, 3.63) is 70.8 Å². The Morgan fingerprint density at radius 1 is 1.08 bits per heavy atom. The number of aliphatic imine (C=N–C) groups is 1. The molecule has 0 saturated heterocycles. The monoisotopic (exact) mass is 339 g/mol. The van der Waals surface area contributed by atoms with E-state index in [4.69, 9.17) is 0 Å². The molecule has 2 rings (SSSR count). The molecule has 2 aromatic rings. The maximum atomic E-state index is 10.2. The quantitative estimate of drug-likeness (QED) is 0.535. The van der Waals surface area contributed by atoms with Gasteiger partial charge in [0, 0.05) is 13.1 Å². The summed E-state index contributed by atoms with van der Waals surface area (Å²) < 4.78 is 0. The zero-order chi connectivity index (χ0) is 18.1. The summed E-state index contributed by atoms with van der Waals surface area (Å²) in [6.45, 7) is 8.38. The Hall–Kier alpha value is -2.33. The van der Waals surface area contributed by atoms with Gasteiger partial charge in [0.05, 0.1) is 12.6 Å². The van der Waals surface area contributed by atoms with Gasteiger partial charge in [-0.3, -0.25) is 0 Å². The van der Waals surface area contributed by atoms with Crippen molar-refractivity contribution in [1.82, 2.24) is 10.6 Å². The van der Waals surface area contributed by atoms with Crippen molar-refractivity contribution in [2.24, 2.45) is 4.99 Å². The maximum absolute atomic E-state index is 10.2. The minimum absolute atomic E-state index is 0.462. The molecular weight excluding hydrogens is 310 g/mol. The fourth-order valence-corrected chi connectivity index (χ4v) is 2.70. The number of aliphatic hydroxyl groups excluding tert-OH is 1. The molecular formula is C21H29N3O. The number of nitrogens with one attached hydrogen (secondary N) is 2. The van der Waals surface area contributed by atoms with Crippen LogP contribution in [0.2, 0.25) is 0 Å². The Morgan fingerprint density at radius 3 is 2.52 bits per heavy atom. The van der Waals surface area contributed by atoms with E-state index in [2.05, 4.69) is 47.7 Å². The lowest BCUT2D eigenvalue weighted by molar-refractivity contribution is 0.168. The molecule has 0 aliphatic rings. The van der Waals surface area contributed by atoms with Gasteiger partial charge in [-0.15, -0.1) is 0 Å². The van der Waals surface area contributed by atoms with Crippen LogP contribution in [-0.2, 0) is 6.54 Å². The standard InChI is InChI=1S/C21H29N3O/c1-4-22-21(24-15-19-11-10-16(2)14-17(19)3)23-13-12-20(25)18-8-6-5-7-9-18/h5-11,14,20,25H,4,12-13,15H2,1-3H3,(H2,22,23,24). The van der Waals surface area contributed by atoms with Crippen LogP contribution in [0.15, 0.2) is 53.5 Å². The molecule has 25 heavy (non-hydrogen) atoms. The Bertz CT molecular complexity index is 683. The highest BCUT2D eigenvalue weighted by molar-refractivity contribution is 5.79. The highest BCUT2D eigenvalue weighted by atomic mass is 16.3.